The maximum absolute atomic E-state index is 11.6. The maximum Gasteiger partial charge on any atom is 1.00 e. The van der Waals surface area contributed by atoms with Gasteiger partial charge in [0, 0.05) is 6.54 Å². The van der Waals surface area contributed by atoms with Gasteiger partial charge < -0.3 is 15.3 Å². The van der Waals surface area contributed by atoms with Crippen molar-refractivity contribution in [1.82, 2.24) is 4.90 Å². The molecule has 122 valence electrons. The summed E-state index contributed by atoms with van der Waals surface area (Å²) in [6.45, 7) is 5.34. The van der Waals surface area contributed by atoms with Gasteiger partial charge >= 0.3 is 24.8 Å². The van der Waals surface area contributed by atoms with Crippen LogP contribution in [0.2, 0.25) is 0 Å². The molecule has 7 heteroatoms. The van der Waals surface area contributed by atoms with Gasteiger partial charge in [-0.25, -0.2) is 0 Å². The first kappa shape index (κ1) is 23.5. The average molecular weight is 306 g/mol. The summed E-state index contributed by atoms with van der Waals surface area (Å²) >= 11 is 0. The summed E-state index contributed by atoms with van der Waals surface area (Å²) < 4.78 is 0. The van der Waals surface area contributed by atoms with Gasteiger partial charge in [0.05, 0.1) is 12.8 Å². The zero-order valence-corrected chi connectivity index (χ0v) is 14.2. The summed E-state index contributed by atoms with van der Waals surface area (Å²) in [6.07, 6.45) is 6.38. The summed E-state index contributed by atoms with van der Waals surface area (Å²) in [7, 11) is 0. The predicted molar refractivity (Wildman–Crippen MR) is 81.1 cm³/mol. The van der Waals surface area contributed by atoms with Crippen molar-refractivity contribution < 1.29 is 39.0 Å². The number of carboxylic acids is 1. The molecule has 0 aliphatic heterocycles. The van der Waals surface area contributed by atoms with Crippen LogP contribution >= 0.6 is 0 Å². The summed E-state index contributed by atoms with van der Waals surface area (Å²) in [5.41, 5.74) is 0. The largest absolute Gasteiger partial charge is 1.00 e. The Kier molecular flexibility index (Phi) is 14.8. The monoisotopic (exact) mass is 306 g/mol. The van der Waals surface area contributed by atoms with Crippen molar-refractivity contribution in [3.8, 4) is 0 Å². The number of hydrogen-bond donors (Lipinski definition) is 2. The number of aliphatic hydroxyl groups excluding tert-OH is 1. The van der Waals surface area contributed by atoms with Crippen LogP contribution < -0.4 is 24.0 Å². The van der Waals surface area contributed by atoms with Crippen molar-refractivity contribution in [2.75, 3.05) is 13.2 Å². The first-order valence-electron chi connectivity index (χ1n) is 7.38. The zero-order valence-electron chi connectivity index (χ0n) is 14.2. The molecule has 2 atom stereocenters. The van der Waals surface area contributed by atoms with E-state index in [1.54, 1.807) is 6.92 Å². The molecule has 0 saturated heterocycles. The van der Waals surface area contributed by atoms with Crippen LogP contribution in [0.3, 0.4) is 0 Å². The van der Waals surface area contributed by atoms with Gasteiger partial charge in [-0.15, -0.1) is 0 Å². The van der Waals surface area contributed by atoms with Crippen LogP contribution in [0.15, 0.2) is 17.1 Å². The predicted octanol–water partition coefficient (Wildman–Crippen LogP) is -2.00. The quantitative estimate of drug-likeness (QED) is 0.199. The third-order valence-corrected chi connectivity index (χ3v) is 2.98. The number of carbonyl (C=O) groups is 1. The second-order valence-electron chi connectivity index (χ2n) is 5.13. The molecule has 2 N–H and O–H groups in total. The van der Waals surface area contributed by atoms with E-state index in [0.29, 0.717) is 12.8 Å². The van der Waals surface area contributed by atoms with Crippen LogP contribution in [0.4, 0.5) is 0 Å². The summed E-state index contributed by atoms with van der Waals surface area (Å²) in [5.74, 6) is -1.25. The second-order valence-corrected chi connectivity index (χ2v) is 5.13. The van der Waals surface area contributed by atoms with Crippen LogP contribution in [0.5, 0.6) is 0 Å². The van der Waals surface area contributed by atoms with Gasteiger partial charge in [-0.1, -0.05) is 25.5 Å². The Morgan fingerprint density at radius 1 is 1.32 bits per heavy atom. The van der Waals surface area contributed by atoms with Gasteiger partial charge in [-0.3, -0.25) is 14.7 Å². The molecular weight excluding hydrogens is 279 g/mol. The Balaban J connectivity index is 0. The standard InChI is InChI=1S/C15H28N2O4.Li/c1-4-5-6-7-8-9-14(19)16-11-17(10-12(2)18)13(3)15(20)21;/h6-7,12-13,18H,4-5,8-11H2,1-3H3,(H,16,19)(H,20,21);/q;+1/p-1/b7-6+;. The third-order valence-electron chi connectivity index (χ3n) is 2.98. The number of unbranched alkanes of at least 4 members (excludes halogenated alkanes) is 1. The Morgan fingerprint density at radius 2 is 1.91 bits per heavy atom. The summed E-state index contributed by atoms with van der Waals surface area (Å²) in [5, 5.41) is 30.0. The van der Waals surface area contributed by atoms with Gasteiger partial charge in [0.25, 0.3) is 0 Å². The Morgan fingerprint density at radius 3 is 2.41 bits per heavy atom. The Labute approximate surface area is 145 Å². The Bertz CT molecular complexity index is 359. The van der Waals surface area contributed by atoms with E-state index in [1.807, 2.05) is 12.2 Å². The van der Waals surface area contributed by atoms with E-state index in [2.05, 4.69) is 11.9 Å². The first-order chi connectivity index (χ1) is 9.88. The first-order valence-corrected chi connectivity index (χ1v) is 7.38. The molecule has 0 heterocycles. The summed E-state index contributed by atoms with van der Waals surface area (Å²) in [6, 6.07) is -0.791. The molecule has 0 saturated carbocycles. The average Bonchev–Trinajstić information content (AvgIpc) is 2.41. The minimum Gasteiger partial charge on any atom is -0.862 e. The number of hydrogen-bond acceptors (Lipinski definition) is 5. The fourth-order valence-electron chi connectivity index (χ4n) is 1.69. The van der Waals surface area contributed by atoms with E-state index in [9.17, 15) is 15.0 Å². The van der Waals surface area contributed by atoms with Crippen LogP contribution in [-0.4, -0.2) is 52.3 Å². The van der Waals surface area contributed by atoms with Crippen molar-refractivity contribution in [3.05, 3.63) is 12.2 Å². The van der Waals surface area contributed by atoms with Gasteiger partial charge in [0.2, 0.25) is 0 Å². The second kappa shape index (κ2) is 13.8. The molecule has 0 aromatic carbocycles. The van der Waals surface area contributed by atoms with Crippen LogP contribution in [-0.2, 0) is 4.79 Å². The van der Waals surface area contributed by atoms with Gasteiger partial charge in [0.1, 0.15) is 6.04 Å². The molecular formula is C15H27LiN2O4. The summed E-state index contributed by atoms with van der Waals surface area (Å²) in [4.78, 5) is 16.3. The number of rotatable bonds is 11. The number of carboxylic acid groups (broad SMARTS) is 1. The molecule has 0 aromatic heterocycles. The van der Waals surface area contributed by atoms with Crippen LogP contribution in [0.25, 0.3) is 0 Å². The van der Waals surface area contributed by atoms with Gasteiger partial charge in [-0.05, 0) is 39.0 Å². The molecule has 0 aromatic rings. The number of aliphatic carboxylic acids is 1. The van der Waals surface area contributed by atoms with E-state index in [0.717, 1.165) is 12.8 Å². The SMILES string of the molecule is CCC/C=C/CCC([O-])=NCN(CC(C)O)C(C)C(=O)O.[Li+]. The fourth-order valence-corrected chi connectivity index (χ4v) is 1.69. The van der Waals surface area contributed by atoms with Crippen molar-refractivity contribution in [2.45, 2.75) is 58.6 Å². The van der Waals surface area contributed by atoms with Gasteiger partial charge in [-0.2, -0.15) is 0 Å². The molecule has 22 heavy (non-hydrogen) atoms. The van der Waals surface area contributed by atoms with E-state index in [1.165, 1.54) is 11.8 Å². The molecule has 6 nitrogen and oxygen atoms in total. The number of allylic oxidation sites excluding steroid dienone is 2. The maximum atomic E-state index is 11.6. The number of aliphatic imine (C=N–C) groups is 1. The molecule has 0 spiro atoms. The number of nitrogens with zero attached hydrogens (tertiary/aromatic N) is 2. The zero-order chi connectivity index (χ0) is 16.3. The fraction of sp³-hybridized carbons (Fsp3) is 0.733. The minimum absolute atomic E-state index is 0. The Hall–Kier alpha value is -0.803. The third kappa shape index (κ3) is 11.8. The van der Waals surface area contributed by atoms with Crippen molar-refractivity contribution in [1.29, 1.82) is 0 Å². The molecule has 0 rings (SSSR count). The van der Waals surface area contributed by atoms with E-state index in [4.69, 9.17) is 5.11 Å². The number of aliphatic hydroxyl groups is 1. The smallest absolute Gasteiger partial charge is 0.862 e. The molecule has 0 fully saturated rings. The van der Waals surface area contributed by atoms with Gasteiger partial charge in [0.15, 0.2) is 0 Å². The van der Waals surface area contributed by atoms with E-state index in [-0.39, 0.29) is 38.0 Å². The van der Waals surface area contributed by atoms with Crippen molar-refractivity contribution >= 4 is 11.9 Å². The molecule has 0 radical (unpaired) electrons. The van der Waals surface area contributed by atoms with Crippen molar-refractivity contribution in [3.63, 3.8) is 0 Å². The van der Waals surface area contributed by atoms with E-state index < -0.39 is 18.1 Å². The molecule has 2 unspecified atom stereocenters. The van der Waals surface area contributed by atoms with E-state index >= 15 is 0 Å². The molecule has 0 bridgehead atoms. The topological polar surface area (TPSA) is 96.2 Å². The normalized spacial score (nSPS) is 14.9. The minimum atomic E-state index is -0.999. The van der Waals surface area contributed by atoms with Crippen LogP contribution in [0.1, 0.15) is 46.5 Å². The van der Waals surface area contributed by atoms with Crippen molar-refractivity contribution in [2.24, 2.45) is 4.99 Å². The molecule has 0 amide bonds. The molecule has 0 aliphatic carbocycles. The molecule has 0 aliphatic rings. The van der Waals surface area contributed by atoms with Crippen LogP contribution in [0, 0.1) is 0 Å².